The molecule has 0 spiro atoms. The van der Waals surface area contributed by atoms with Gasteiger partial charge in [0.15, 0.2) is 5.82 Å². The van der Waals surface area contributed by atoms with Gasteiger partial charge in [-0.1, -0.05) is 5.16 Å². The third kappa shape index (κ3) is 3.99. The molecule has 17 heavy (non-hydrogen) atoms. The molecule has 0 aliphatic heterocycles. The smallest absolute Gasteiger partial charge is 0.223 e. The quantitative estimate of drug-likeness (QED) is 0.719. The van der Waals surface area contributed by atoms with Crippen LogP contribution in [0.3, 0.4) is 0 Å². The minimum absolute atomic E-state index is 0.625. The number of rotatable bonds is 7. The lowest BCUT2D eigenvalue weighted by atomic mass is 10.3. The Morgan fingerprint density at radius 2 is 2.35 bits per heavy atom. The molecule has 2 aromatic heterocycles. The third-order valence-electron chi connectivity index (χ3n) is 2.42. The second-order valence-electron chi connectivity index (χ2n) is 3.88. The molecule has 6 heteroatoms. The summed E-state index contributed by atoms with van der Waals surface area (Å²) < 4.78 is 6.97. The molecule has 2 aromatic rings. The maximum Gasteiger partial charge on any atom is 0.223 e. The molecule has 1 N–H and O–H groups in total. The highest BCUT2D eigenvalue weighted by Crippen LogP contribution is 1.95. The van der Waals surface area contributed by atoms with Crippen molar-refractivity contribution in [1.82, 2.24) is 25.0 Å². The van der Waals surface area contributed by atoms with E-state index in [1.165, 1.54) is 0 Å². The molecular weight excluding hydrogens is 218 g/mol. The second kappa shape index (κ2) is 6.15. The van der Waals surface area contributed by atoms with Crippen molar-refractivity contribution < 1.29 is 4.52 Å². The van der Waals surface area contributed by atoms with Crippen molar-refractivity contribution in [2.24, 2.45) is 0 Å². The van der Waals surface area contributed by atoms with E-state index in [4.69, 9.17) is 4.52 Å². The van der Waals surface area contributed by atoms with E-state index in [9.17, 15) is 0 Å². The van der Waals surface area contributed by atoms with Gasteiger partial charge in [0.25, 0.3) is 0 Å². The predicted molar refractivity (Wildman–Crippen MR) is 62.5 cm³/mol. The number of nitrogens with one attached hydrogen (secondary N) is 1. The molecule has 92 valence electrons. The maximum atomic E-state index is 4.89. The summed E-state index contributed by atoms with van der Waals surface area (Å²) in [5.74, 6) is 1.39. The van der Waals surface area contributed by atoms with Gasteiger partial charge in [0.05, 0.1) is 6.33 Å². The summed E-state index contributed by atoms with van der Waals surface area (Å²) in [5, 5.41) is 7.19. The van der Waals surface area contributed by atoms with Crippen LogP contribution in [0.25, 0.3) is 0 Å². The van der Waals surface area contributed by atoms with E-state index in [2.05, 4.69) is 25.0 Å². The third-order valence-corrected chi connectivity index (χ3v) is 2.42. The monoisotopic (exact) mass is 235 g/mol. The van der Waals surface area contributed by atoms with Gasteiger partial charge in [0.2, 0.25) is 5.89 Å². The minimum atomic E-state index is 0.625. The van der Waals surface area contributed by atoms with Crippen LogP contribution in [0.4, 0.5) is 0 Å². The Bertz CT molecular complexity index is 423. The summed E-state index contributed by atoms with van der Waals surface area (Å²) >= 11 is 0. The number of aryl methyl sites for hydroxylation is 2. The van der Waals surface area contributed by atoms with Crippen molar-refractivity contribution in [3.05, 3.63) is 30.4 Å². The van der Waals surface area contributed by atoms with Crippen LogP contribution in [0.5, 0.6) is 0 Å². The van der Waals surface area contributed by atoms with E-state index in [1.54, 1.807) is 13.1 Å². The molecule has 0 unspecified atom stereocenters. The van der Waals surface area contributed by atoms with Gasteiger partial charge in [0, 0.05) is 38.8 Å². The number of hydrogen-bond donors (Lipinski definition) is 1. The maximum absolute atomic E-state index is 4.89. The van der Waals surface area contributed by atoms with Crippen LogP contribution in [0, 0.1) is 6.92 Å². The highest BCUT2D eigenvalue weighted by Gasteiger charge is 2.00. The highest BCUT2D eigenvalue weighted by atomic mass is 16.5. The van der Waals surface area contributed by atoms with Crippen molar-refractivity contribution in [1.29, 1.82) is 0 Å². The Kier molecular flexibility index (Phi) is 4.26. The van der Waals surface area contributed by atoms with Crippen LogP contribution < -0.4 is 5.32 Å². The normalized spacial score (nSPS) is 10.9. The Hall–Kier alpha value is -1.69. The first kappa shape index (κ1) is 11.8. The fourth-order valence-corrected chi connectivity index (χ4v) is 1.57. The van der Waals surface area contributed by atoms with E-state index in [0.717, 1.165) is 38.3 Å². The first-order valence-corrected chi connectivity index (χ1v) is 5.80. The topological polar surface area (TPSA) is 68.8 Å². The van der Waals surface area contributed by atoms with Gasteiger partial charge in [-0.3, -0.25) is 0 Å². The molecule has 6 nitrogen and oxygen atoms in total. The molecule has 0 saturated heterocycles. The summed E-state index contributed by atoms with van der Waals surface area (Å²) in [6.07, 6.45) is 7.50. The van der Waals surface area contributed by atoms with Crippen LogP contribution in [0.1, 0.15) is 18.1 Å². The zero-order valence-corrected chi connectivity index (χ0v) is 9.96. The Labute approximate surface area is 100 Å². The summed E-state index contributed by atoms with van der Waals surface area (Å²) in [7, 11) is 0. The lowest BCUT2D eigenvalue weighted by molar-refractivity contribution is 0.387. The van der Waals surface area contributed by atoms with Gasteiger partial charge in [-0.15, -0.1) is 0 Å². The molecule has 0 saturated carbocycles. The second-order valence-corrected chi connectivity index (χ2v) is 3.88. The first-order valence-electron chi connectivity index (χ1n) is 5.80. The predicted octanol–water partition coefficient (Wildman–Crippen LogP) is 0.797. The van der Waals surface area contributed by atoms with Gasteiger partial charge in [-0.05, 0) is 13.0 Å². The Morgan fingerprint density at radius 3 is 3.06 bits per heavy atom. The molecule has 0 aliphatic rings. The molecule has 0 aromatic carbocycles. The average Bonchev–Trinajstić information content (AvgIpc) is 2.95. The van der Waals surface area contributed by atoms with Crippen molar-refractivity contribution in [3.8, 4) is 0 Å². The summed E-state index contributed by atoms with van der Waals surface area (Å²) in [5.41, 5.74) is 0. The lowest BCUT2D eigenvalue weighted by Gasteiger charge is -2.03. The first-order chi connectivity index (χ1) is 8.34. The van der Waals surface area contributed by atoms with E-state index in [-0.39, 0.29) is 0 Å². The lowest BCUT2D eigenvalue weighted by Crippen LogP contribution is -2.20. The van der Waals surface area contributed by atoms with Gasteiger partial charge < -0.3 is 14.4 Å². The standard InChI is InChI=1S/C11H17N5O/c1-10-14-11(15-17-10)3-5-12-4-2-7-16-8-6-13-9-16/h6,8-9,12H,2-5,7H2,1H3. The molecule has 0 bridgehead atoms. The number of hydrogen-bond acceptors (Lipinski definition) is 5. The SMILES string of the molecule is Cc1nc(CCNCCCn2ccnc2)no1. The highest BCUT2D eigenvalue weighted by molar-refractivity contribution is 4.84. The van der Waals surface area contributed by atoms with Gasteiger partial charge in [-0.2, -0.15) is 4.98 Å². The van der Waals surface area contributed by atoms with Crippen molar-refractivity contribution in [2.45, 2.75) is 26.3 Å². The average molecular weight is 235 g/mol. The zero-order valence-electron chi connectivity index (χ0n) is 9.96. The molecule has 0 radical (unpaired) electrons. The van der Waals surface area contributed by atoms with Gasteiger partial charge in [0.1, 0.15) is 0 Å². The summed E-state index contributed by atoms with van der Waals surface area (Å²) in [4.78, 5) is 8.13. The summed E-state index contributed by atoms with van der Waals surface area (Å²) in [6.45, 7) is 4.65. The molecular formula is C11H17N5O. The van der Waals surface area contributed by atoms with Gasteiger partial charge in [-0.25, -0.2) is 4.98 Å². The molecule has 2 rings (SSSR count). The number of nitrogens with zero attached hydrogens (tertiary/aromatic N) is 4. The van der Waals surface area contributed by atoms with E-state index in [0.29, 0.717) is 5.89 Å². The van der Waals surface area contributed by atoms with Gasteiger partial charge >= 0.3 is 0 Å². The van der Waals surface area contributed by atoms with Crippen molar-refractivity contribution in [2.75, 3.05) is 13.1 Å². The minimum Gasteiger partial charge on any atom is -0.340 e. The fourth-order valence-electron chi connectivity index (χ4n) is 1.57. The zero-order chi connectivity index (χ0) is 11.9. The van der Waals surface area contributed by atoms with E-state index < -0.39 is 0 Å². The largest absolute Gasteiger partial charge is 0.340 e. The number of imidazole rings is 1. The van der Waals surface area contributed by atoms with E-state index >= 15 is 0 Å². The molecule has 0 fully saturated rings. The molecule has 0 atom stereocenters. The van der Waals surface area contributed by atoms with Crippen LogP contribution in [0.2, 0.25) is 0 Å². The summed E-state index contributed by atoms with van der Waals surface area (Å²) in [6, 6.07) is 0. The van der Waals surface area contributed by atoms with Crippen LogP contribution >= 0.6 is 0 Å². The fraction of sp³-hybridized carbons (Fsp3) is 0.545. The molecule has 0 aliphatic carbocycles. The number of aromatic nitrogens is 4. The van der Waals surface area contributed by atoms with Crippen LogP contribution in [0.15, 0.2) is 23.2 Å². The Balaban J connectivity index is 1.52. The molecule has 2 heterocycles. The van der Waals surface area contributed by atoms with Crippen LogP contribution in [-0.4, -0.2) is 32.8 Å². The van der Waals surface area contributed by atoms with Crippen LogP contribution in [-0.2, 0) is 13.0 Å². The van der Waals surface area contributed by atoms with Crippen molar-refractivity contribution in [3.63, 3.8) is 0 Å². The molecule has 0 amide bonds. The van der Waals surface area contributed by atoms with Crippen molar-refractivity contribution >= 4 is 0 Å². The Morgan fingerprint density at radius 1 is 1.41 bits per heavy atom. The van der Waals surface area contributed by atoms with E-state index in [1.807, 2.05) is 12.5 Å².